The summed E-state index contributed by atoms with van der Waals surface area (Å²) in [5.41, 5.74) is 5.96. The van der Waals surface area contributed by atoms with Crippen LogP contribution in [0.3, 0.4) is 0 Å². The molecular weight excluding hydrogens is 476 g/mol. The summed E-state index contributed by atoms with van der Waals surface area (Å²) < 4.78 is 16.3. The van der Waals surface area contributed by atoms with Gasteiger partial charge < -0.3 is 5.32 Å². The van der Waals surface area contributed by atoms with Crippen LogP contribution in [0.25, 0.3) is 5.69 Å². The van der Waals surface area contributed by atoms with Crippen LogP contribution in [0.5, 0.6) is 0 Å². The van der Waals surface area contributed by atoms with Gasteiger partial charge in [-0.3, -0.25) is 0 Å². The molecule has 1 N–H and O–H groups in total. The SMILES string of the molecule is C=C(Cc1c(C)nn(-c2ccc(I)cc2)c1C)NCc1ccc(F)cc1Cl. The Balaban J connectivity index is 1.71. The molecule has 0 unspecified atom stereocenters. The van der Waals surface area contributed by atoms with Crippen molar-refractivity contribution < 1.29 is 4.39 Å². The molecule has 1 heterocycles. The standard InChI is InChI=1S/C21H20ClFIN3/c1-13(25-12-16-4-5-17(23)11-21(16)22)10-20-14(2)26-27(15(20)3)19-8-6-18(24)7-9-19/h4-9,11,25H,1,10,12H2,2-3H3. The van der Waals surface area contributed by atoms with E-state index in [9.17, 15) is 4.39 Å². The molecule has 0 saturated carbocycles. The number of aromatic nitrogens is 2. The quantitative estimate of drug-likeness (QED) is 0.443. The minimum absolute atomic E-state index is 0.336. The number of halogens is 3. The van der Waals surface area contributed by atoms with E-state index in [1.54, 1.807) is 6.07 Å². The number of nitrogens with zero attached hydrogens (tertiary/aromatic N) is 2. The van der Waals surface area contributed by atoms with Crippen molar-refractivity contribution in [2.75, 3.05) is 0 Å². The highest BCUT2D eigenvalue weighted by Gasteiger charge is 2.14. The molecule has 0 aliphatic rings. The predicted molar refractivity (Wildman–Crippen MR) is 117 cm³/mol. The maximum Gasteiger partial charge on any atom is 0.124 e. The number of hydrogen-bond donors (Lipinski definition) is 1. The molecule has 0 spiro atoms. The number of hydrogen-bond acceptors (Lipinski definition) is 2. The van der Waals surface area contributed by atoms with Gasteiger partial charge in [-0.1, -0.05) is 24.2 Å². The second kappa shape index (κ2) is 8.44. The Morgan fingerprint density at radius 2 is 1.93 bits per heavy atom. The summed E-state index contributed by atoms with van der Waals surface area (Å²) in [5.74, 6) is -0.336. The van der Waals surface area contributed by atoms with Gasteiger partial charge in [0, 0.05) is 38.5 Å². The fraction of sp³-hybridized carbons (Fsp3) is 0.190. The first-order valence-electron chi connectivity index (χ1n) is 8.51. The fourth-order valence-corrected chi connectivity index (χ4v) is 3.52. The number of allylic oxidation sites excluding steroid dienone is 1. The van der Waals surface area contributed by atoms with Crippen molar-refractivity contribution >= 4 is 34.2 Å². The summed E-state index contributed by atoms with van der Waals surface area (Å²) in [6.07, 6.45) is 0.668. The van der Waals surface area contributed by atoms with E-state index in [0.29, 0.717) is 18.0 Å². The second-order valence-corrected chi connectivity index (χ2v) is 8.06. The van der Waals surface area contributed by atoms with Gasteiger partial charge in [0.25, 0.3) is 0 Å². The minimum atomic E-state index is -0.336. The van der Waals surface area contributed by atoms with Gasteiger partial charge in [-0.15, -0.1) is 0 Å². The molecule has 0 fully saturated rings. The first-order chi connectivity index (χ1) is 12.8. The molecule has 2 aromatic carbocycles. The van der Waals surface area contributed by atoms with Crippen LogP contribution in [-0.2, 0) is 13.0 Å². The van der Waals surface area contributed by atoms with E-state index in [4.69, 9.17) is 11.6 Å². The van der Waals surface area contributed by atoms with Crippen LogP contribution in [0.2, 0.25) is 5.02 Å². The third-order valence-corrected chi connectivity index (χ3v) is 5.52. The third-order valence-electron chi connectivity index (χ3n) is 4.45. The van der Waals surface area contributed by atoms with E-state index in [-0.39, 0.29) is 5.82 Å². The molecule has 0 bridgehead atoms. The normalized spacial score (nSPS) is 10.9. The molecule has 0 aliphatic carbocycles. The Kier molecular flexibility index (Phi) is 6.22. The summed E-state index contributed by atoms with van der Waals surface area (Å²) in [6.45, 7) is 8.70. The maximum atomic E-state index is 13.2. The third kappa shape index (κ3) is 4.71. The van der Waals surface area contributed by atoms with E-state index >= 15 is 0 Å². The highest BCUT2D eigenvalue weighted by molar-refractivity contribution is 14.1. The maximum absolute atomic E-state index is 13.2. The molecule has 3 rings (SSSR count). The number of rotatable bonds is 6. The second-order valence-electron chi connectivity index (χ2n) is 6.41. The first-order valence-corrected chi connectivity index (χ1v) is 9.97. The Morgan fingerprint density at radius 1 is 1.22 bits per heavy atom. The first kappa shape index (κ1) is 19.9. The zero-order chi connectivity index (χ0) is 19.6. The van der Waals surface area contributed by atoms with Crippen LogP contribution >= 0.6 is 34.2 Å². The topological polar surface area (TPSA) is 29.9 Å². The molecule has 0 atom stereocenters. The number of benzene rings is 2. The molecular formula is C21H20ClFIN3. The number of nitrogens with one attached hydrogen (secondary N) is 1. The molecule has 6 heteroatoms. The zero-order valence-corrected chi connectivity index (χ0v) is 18.1. The molecule has 27 heavy (non-hydrogen) atoms. The Hall–Kier alpha value is -1.86. The van der Waals surface area contributed by atoms with Gasteiger partial charge in [0.2, 0.25) is 0 Å². The van der Waals surface area contributed by atoms with Gasteiger partial charge in [-0.2, -0.15) is 5.10 Å². The van der Waals surface area contributed by atoms with E-state index in [1.807, 2.05) is 11.6 Å². The summed E-state index contributed by atoms with van der Waals surface area (Å²) in [7, 11) is 0. The Morgan fingerprint density at radius 3 is 2.59 bits per heavy atom. The lowest BCUT2D eigenvalue weighted by Gasteiger charge is -2.12. The van der Waals surface area contributed by atoms with E-state index in [2.05, 4.69) is 70.8 Å². The van der Waals surface area contributed by atoms with E-state index < -0.39 is 0 Å². The van der Waals surface area contributed by atoms with Gasteiger partial charge >= 0.3 is 0 Å². The predicted octanol–water partition coefficient (Wildman–Crippen LogP) is 5.73. The van der Waals surface area contributed by atoms with Crippen LogP contribution in [0, 0.1) is 23.2 Å². The molecule has 0 saturated heterocycles. The summed E-state index contributed by atoms with van der Waals surface area (Å²) >= 11 is 8.37. The average molecular weight is 496 g/mol. The molecule has 0 radical (unpaired) electrons. The average Bonchev–Trinajstić information content (AvgIpc) is 2.90. The van der Waals surface area contributed by atoms with Crippen LogP contribution in [0.4, 0.5) is 4.39 Å². The van der Waals surface area contributed by atoms with Crippen molar-refractivity contribution in [1.82, 2.24) is 15.1 Å². The van der Waals surface area contributed by atoms with Crippen LogP contribution in [-0.4, -0.2) is 9.78 Å². The Bertz CT molecular complexity index is 980. The van der Waals surface area contributed by atoms with Crippen molar-refractivity contribution in [2.24, 2.45) is 0 Å². The fourth-order valence-electron chi connectivity index (χ4n) is 2.93. The van der Waals surface area contributed by atoms with Crippen LogP contribution in [0.15, 0.2) is 54.7 Å². The molecule has 3 nitrogen and oxygen atoms in total. The minimum Gasteiger partial charge on any atom is -0.384 e. The summed E-state index contributed by atoms with van der Waals surface area (Å²) in [4.78, 5) is 0. The van der Waals surface area contributed by atoms with Gasteiger partial charge in [-0.25, -0.2) is 9.07 Å². The highest BCUT2D eigenvalue weighted by Crippen LogP contribution is 2.21. The van der Waals surface area contributed by atoms with Crippen LogP contribution in [0.1, 0.15) is 22.5 Å². The van der Waals surface area contributed by atoms with Crippen molar-refractivity contribution in [2.45, 2.75) is 26.8 Å². The highest BCUT2D eigenvalue weighted by atomic mass is 127. The van der Waals surface area contributed by atoms with Gasteiger partial charge in [0.1, 0.15) is 5.82 Å². The van der Waals surface area contributed by atoms with Crippen molar-refractivity contribution in [3.8, 4) is 5.69 Å². The van der Waals surface area contributed by atoms with E-state index in [1.165, 1.54) is 15.7 Å². The van der Waals surface area contributed by atoms with Crippen LogP contribution < -0.4 is 5.32 Å². The Labute approximate surface area is 177 Å². The lowest BCUT2D eigenvalue weighted by molar-refractivity contribution is 0.626. The molecule has 0 aliphatic heterocycles. The lowest BCUT2D eigenvalue weighted by Crippen LogP contribution is -2.14. The summed E-state index contributed by atoms with van der Waals surface area (Å²) in [6, 6.07) is 12.7. The zero-order valence-electron chi connectivity index (χ0n) is 15.2. The van der Waals surface area contributed by atoms with E-state index in [0.717, 1.165) is 33.9 Å². The van der Waals surface area contributed by atoms with Crippen molar-refractivity contribution in [3.05, 3.63) is 91.7 Å². The largest absolute Gasteiger partial charge is 0.384 e. The summed E-state index contributed by atoms with van der Waals surface area (Å²) in [5, 5.41) is 8.38. The smallest absolute Gasteiger partial charge is 0.124 e. The molecule has 3 aromatic rings. The molecule has 0 amide bonds. The number of aryl methyl sites for hydroxylation is 1. The molecule has 1 aromatic heterocycles. The van der Waals surface area contributed by atoms with Gasteiger partial charge in [0.05, 0.1) is 11.4 Å². The monoisotopic (exact) mass is 495 g/mol. The van der Waals surface area contributed by atoms with Gasteiger partial charge in [0.15, 0.2) is 0 Å². The lowest BCUT2D eigenvalue weighted by atomic mass is 10.1. The molecule has 140 valence electrons. The van der Waals surface area contributed by atoms with Crippen molar-refractivity contribution in [1.29, 1.82) is 0 Å². The van der Waals surface area contributed by atoms with Crippen molar-refractivity contribution in [3.63, 3.8) is 0 Å². The van der Waals surface area contributed by atoms with Gasteiger partial charge in [-0.05, 0) is 78.4 Å².